The maximum Gasteiger partial charge on any atom is 0.126 e. The topological polar surface area (TPSA) is 34.1 Å². The summed E-state index contributed by atoms with van der Waals surface area (Å²) < 4.78 is 5.35. The van der Waals surface area contributed by atoms with Gasteiger partial charge in [0.15, 0.2) is 0 Å². The Labute approximate surface area is 123 Å². The molecule has 0 aliphatic carbocycles. The van der Waals surface area contributed by atoms with Crippen LogP contribution in [0.4, 0.5) is 5.00 Å². The number of rotatable bonds is 3. The van der Waals surface area contributed by atoms with Crippen LogP contribution in [0.5, 0.6) is 5.75 Å². The van der Waals surface area contributed by atoms with Crippen molar-refractivity contribution >= 4 is 28.5 Å². The van der Waals surface area contributed by atoms with E-state index in [-0.39, 0.29) is 0 Å². The molecule has 1 aliphatic rings. The third-order valence-corrected chi connectivity index (χ3v) is 4.40. The molecule has 2 aromatic rings. The number of hydrogen-bond acceptors (Lipinski definition) is 4. The molecule has 1 N–H and O–H groups in total. The Morgan fingerprint density at radius 2 is 2.15 bits per heavy atom. The van der Waals surface area contributed by atoms with Crippen molar-refractivity contribution in [2.24, 2.45) is 0 Å². The predicted octanol–water partition coefficient (Wildman–Crippen LogP) is 4.07. The molecule has 3 nitrogen and oxygen atoms in total. The van der Waals surface area contributed by atoms with Gasteiger partial charge in [0.1, 0.15) is 15.8 Å². The number of nitrogens with one attached hydrogen (secondary N) is 1. The van der Waals surface area contributed by atoms with Gasteiger partial charge in [-0.05, 0) is 37.5 Å². The van der Waals surface area contributed by atoms with Crippen LogP contribution in [0.15, 0.2) is 24.3 Å². The fraction of sp³-hybridized carbons (Fsp3) is 0.312. The van der Waals surface area contributed by atoms with E-state index in [4.69, 9.17) is 9.72 Å². The van der Waals surface area contributed by atoms with Gasteiger partial charge in [-0.1, -0.05) is 29.5 Å². The molecule has 0 atom stereocenters. The Hall–Kier alpha value is -1.81. The number of ether oxygens (including phenoxy) is 1. The van der Waals surface area contributed by atoms with Crippen LogP contribution in [0.3, 0.4) is 0 Å². The minimum absolute atomic E-state index is 0.889. The number of para-hydroxylation sites is 1. The lowest BCUT2D eigenvalue weighted by Gasteiger charge is -2.02. The molecule has 1 aromatic heterocycles. The second-order valence-corrected chi connectivity index (χ2v) is 5.82. The second kappa shape index (κ2) is 6.09. The summed E-state index contributed by atoms with van der Waals surface area (Å²) in [6.07, 6.45) is 7.67. The summed E-state index contributed by atoms with van der Waals surface area (Å²) in [4.78, 5) is 4.71. The minimum Gasteiger partial charge on any atom is -0.496 e. The fourth-order valence-electron chi connectivity index (χ4n) is 2.33. The average molecular weight is 286 g/mol. The summed E-state index contributed by atoms with van der Waals surface area (Å²) in [5.74, 6) is 0.889. The lowest BCUT2D eigenvalue weighted by atomic mass is 10.2. The molecule has 0 bridgehead atoms. The van der Waals surface area contributed by atoms with E-state index < -0.39 is 0 Å². The molecular weight excluding hydrogens is 268 g/mol. The number of hydrogen-bond donors (Lipinski definition) is 1. The SMILES string of the molecule is COc1ccccc1/C=C\c1nc2c(s1)NCCCC2. The molecule has 0 radical (unpaired) electrons. The van der Waals surface area contributed by atoms with E-state index in [1.54, 1.807) is 18.4 Å². The normalized spacial score (nSPS) is 14.7. The van der Waals surface area contributed by atoms with E-state index >= 15 is 0 Å². The number of thiazole rings is 1. The van der Waals surface area contributed by atoms with Crippen molar-refractivity contribution in [3.63, 3.8) is 0 Å². The second-order valence-electron chi connectivity index (χ2n) is 4.79. The number of methoxy groups -OCH3 is 1. The summed E-state index contributed by atoms with van der Waals surface area (Å²) in [5.41, 5.74) is 2.29. The van der Waals surface area contributed by atoms with Gasteiger partial charge < -0.3 is 10.1 Å². The van der Waals surface area contributed by atoms with Crippen molar-refractivity contribution in [1.29, 1.82) is 0 Å². The van der Waals surface area contributed by atoms with Gasteiger partial charge in [0.25, 0.3) is 0 Å². The van der Waals surface area contributed by atoms with Crippen LogP contribution in [-0.2, 0) is 6.42 Å². The highest BCUT2D eigenvalue weighted by atomic mass is 32.1. The van der Waals surface area contributed by atoms with E-state index in [1.807, 2.05) is 24.3 Å². The summed E-state index contributed by atoms with van der Waals surface area (Å²) >= 11 is 1.73. The lowest BCUT2D eigenvalue weighted by molar-refractivity contribution is 0.414. The van der Waals surface area contributed by atoms with E-state index in [2.05, 4.69) is 17.5 Å². The van der Waals surface area contributed by atoms with Crippen LogP contribution in [-0.4, -0.2) is 18.6 Å². The molecule has 0 saturated heterocycles. The number of aromatic nitrogens is 1. The third kappa shape index (κ3) is 2.85. The highest BCUT2D eigenvalue weighted by Gasteiger charge is 2.12. The monoisotopic (exact) mass is 286 g/mol. The Balaban J connectivity index is 1.82. The van der Waals surface area contributed by atoms with E-state index in [0.29, 0.717) is 0 Å². The Morgan fingerprint density at radius 3 is 3.05 bits per heavy atom. The molecule has 0 saturated carbocycles. The molecule has 0 unspecified atom stereocenters. The first-order valence-electron chi connectivity index (χ1n) is 6.91. The van der Waals surface area contributed by atoms with Crippen molar-refractivity contribution < 1.29 is 4.74 Å². The van der Waals surface area contributed by atoms with Crippen molar-refractivity contribution in [2.45, 2.75) is 19.3 Å². The fourth-order valence-corrected chi connectivity index (χ4v) is 3.27. The van der Waals surface area contributed by atoms with Crippen LogP contribution in [0, 0.1) is 0 Å². The maximum absolute atomic E-state index is 5.35. The Kier molecular flexibility index (Phi) is 4.02. The number of aryl methyl sites for hydroxylation is 1. The maximum atomic E-state index is 5.35. The van der Waals surface area contributed by atoms with Gasteiger partial charge in [-0.2, -0.15) is 0 Å². The van der Waals surface area contributed by atoms with Gasteiger partial charge >= 0.3 is 0 Å². The average Bonchev–Trinajstić information content (AvgIpc) is 2.75. The van der Waals surface area contributed by atoms with Crippen LogP contribution < -0.4 is 10.1 Å². The quantitative estimate of drug-likeness (QED) is 0.923. The molecule has 104 valence electrons. The minimum atomic E-state index is 0.889. The molecular formula is C16H18N2OS. The predicted molar refractivity (Wildman–Crippen MR) is 85.5 cm³/mol. The molecule has 2 heterocycles. The first-order valence-corrected chi connectivity index (χ1v) is 7.73. The number of benzene rings is 1. The van der Waals surface area contributed by atoms with E-state index in [9.17, 15) is 0 Å². The third-order valence-electron chi connectivity index (χ3n) is 3.38. The van der Waals surface area contributed by atoms with Crippen LogP contribution in [0.2, 0.25) is 0 Å². The Bertz CT molecular complexity index is 595. The van der Waals surface area contributed by atoms with Crippen LogP contribution in [0.1, 0.15) is 29.1 Å². The molecule has 0 spiro atoms. The summed E-state index contributed by atoms with van der Waals surface area (Å²) in [7, 11) is 1.70. The zero-order chi connectivity index (χ0) is 13.8. The summed E-state index contributed by atoms with van der Waals surface area (Å²) in [6, 6.07) is 8.01. The number of nitrogens with zero attached hydrogens (tertiary/aromatic N) is 1. The molecule has 3 rings (SSSR count). The van der Waals surface area contributed by atoms with Crippen molar-refractivity contribution in [2.75, 3.05) is 19.0 Å². The van der Waals surface area contributed by atoms with Crippen molar-refractivity contribution in [3.05, 3.63) is 40.5 Å². The first kappa shape index (κ1) is 13.2. The molecule has 1 aromatic carbocycles. The number of fused-ring (bicyclic) bond motifs is 1. The zero-order valence-corrected chi connectivity index (χ0v) is 12.4. The molecule has 4 heteroatoms. The smallest absolute Gasteiger partial charge is 0.126 e. The largest absolute Gasteiger partial charge is 0.496 e. The van der Waals surface area contributed by atoms with Gasteiger partial charge in [-0.25, -0.2) is 4.98 Å². The molecule has 0 fully saturated rings. The van der Waals surface area contributed by atoms with E-state index in [1.165, 1.54) is 23.5 Å². The van der Waals surface area contributed by atoms with E-state index in [0.717, 1.165) is 29.3 Å². The highest BCUT2D eigenvalue weighted by Crippen LogP contribution is 2.29. The first-order chi connectivity index (χ1) is 9.86. The summed E-state index contributed by atoms with van der Waals surface area (Å²) in [5, 5.41) is 5.75. The van der Waals surface area contributed by atoms with Crippen molar-refractivity contribution in [1.82, 2.24) is 4.98 Å². The lowest BCUT2D eigenvalue weighted by Crippen LogP contribution is -1.96. The molecule has 0 amide bonds. The highest BCUT2D eigenvalue weighted by molar-refractivity contribution is 7.16. The number of anilines is 1. The zero-order valence-electron chi connectivity index (χ0n) is 11.6. The van der Waals surface area contributed by atoms with Crippen LogP contribution in [0.25, 0.3) is 12.2 Å². The molecule has 20 heavy (non-hydrogen) atoms. The van der Waals surface area contributed by atoms with Gasteiger partial charge in [0, 0.05) is 12.1 Å². The van der Waals surface area contributed by atoms with Crippen molar-refractivity contribution in [3.8, 4) is 5.75 Å². The van der Waals surface area contributed by atoms with Gasteiger partial charge in [-0.3, -0.25) is 0 Å². The molecule has 1 aliphatic heterocycles. The standard InChI is InChI=1S/C16H18N2OS/c1-19-14-8-3-2-6-12(14)9-10-15-18-13-7-4-5-11-17-16(13)20-15/h2-3,6,8-10,17H,4-5,7,11H2,1H3/b10-9-. The van der Waals surface area contributed by atoms with Gasteiger partial charge in [0.05, 0.1) is 12.8 Å². The van der Waals surface area contributed by atoms with Gasteiger partial charge in [0.2, 0.25) is 0 Å². The summed E-state index contributed by atoms with van der Waals surface area (Å²) in [6.45, 7) is 1.06. The Morgan fingerprint density at radius 1 is 1.25 bits per heavy atom. The van der Waals surface area contributed by atoms with Gasteiger partial charge in [-0.15, -0.1) is 0 Å². The van der Waals surface area contributed by atoms with Crippen LogP contribution >= 0.6 is 11.3 Å².